The molecule has 26 heavy (non-hydrogen) atoms. The number of carbonyl (C=O) groups excluding carboxylic acids is 1. The summed E-state index contributed by atoms with van der Waals surface area (Å²) in [6.45, 7) is 4.79. The Balaban J connectivity index is 1.57. The number of aromatic nitrogens is 3. The number of hydrogen-bond donors (Lipinski definition) is 1. The molecule has 3 heterocycles. The molecular formula is C20H24N4OS. The predicted octanol–water partition coefficient (Wildman–Crippen LogP) is 3.84. The maximum Gasteiger partial charge on any atom is 0.220 e. The van der Waals surface area contributed by atoms with Crippen LogP contribution in [0.25, 0.3) is 0 Å². The van der Waals surface area contributed by atoms with Crippen LogP contribution in [0.4, 0.5) is 0 Å². The number of carbonyl (C=O) groups is 1. The molecule has 0 aliphatic rings. The smallest absolute Gasteiger partial charge is 0.220 e. The fraction of sp³-hybridized carbons (Fsp3) is 0.350. The standard InChI is InChI=1S/C20H24N4OS/c1-15-11-16(2)24(23-15)9-4-6-20(25)22-19(12-17-7-10-26-14-17)18-5-3-8-21-13-18/h3,5,7-8,10-11,13-14,19H,4,6,9,12H2,1-2H3,(H,22,25)/t19-/m0/s1. The Bertz CT molecular complexity index is 827. The molecule has 1 N–H and O–H groups in total. The average molecular weight is 369 g/mol. The molecule has 3 rings (SSSR count). The van der Waals surface area contributed by atoms with Crippen molar-refractivity contribution in [2.45, 2.75) is 45.7 Å². The van der Waals surface area contributed by atoms with Crippen LogP contribution in [0.5, 0.6) is 0 Å². The van der Waals surface area contributed by atoms with Crippen molar-refractivity contribution in [2.75, 3.05) is 0 Å². The molecule has 0 saturated heterocycles. The van der Waals surface area contributed by atoms with Gasteiger partial charge >= 0.3 is 0 Å². The Morgan fingerprint density at radius 2 is 2.23 bits per heavy atom. The van der Waals surface area contributed by atoms with E-state index in [1.807, 2.05) is 36.9 Å². The van der Waals surface area contributed by atoms with Crippen LogP contribution in [-0.4, -0.2) is 20.7 Å². The van der Waals surface area contributed by atoms with Crippen molar-refractivity contribution in [3.05, 3.63) is 69.9 Å². The highest BCUT2D eigenvalue weighted by molar-refractivity contribution is 7.07. The van der Waals surface area contributed by atoms with Crippen molar-refractivity contribution in [3.63, 3.8) is 0 Å². The van der Waals surface area contributed by atoms with E-state index in [4.69, 9.17) is 0 Å². The molecular weight excluding hydrogens is 344 g/mol. The zero-order chi connectivity index (χ0) is 18.4. The van der Waals surface area contributed by atoms with Gasteiger partial charge in [-0.25, -0.2) is 0 Å². The second kappa shape index (κ2) is 8.76. The van der Waals surface area contributed by atoms with Gasteiger partial charge in [0.15, 0.2) is 0 Å². The second-order valence-corrected chi connectivity index (χ2v) is 7.28. The number of amides is 1. The number of thiophene rings is 1. The number of aryl methyl sites for hydroxylation is 3. The molecule has 0 saturated carbocycles. The first-order valence-corrected chi connectivity index (χ1v) is 9.77. The van der Waals surface area contributed by atoms with Gasteiger partial charge in [0.1, 0.15) is 0 Å². The van der Waals surface area contributed by atoms with E-state index in [0.29, 0.717) is 6.42 Å². The van der Waals surface area contributed by atoms with E-state index in [2.05, 4.69) is 38.3 Å². The molecule has 0 aliphatic carbocycles. The number of hydrogen-bond acceptors (Lipinski definition) is 4. The highest BCUT2D eigenvalue weighted by Crippen LogP contribution is 2.19. The minimum atomic E-state index is -0.0560. The molecule has 3 aromatic rings. The summed E-state index contributed by atoms with van der Waals surface area (Å²) in [4.78, 5) is 16.7. The van der Waals surface area contributed by atoms with Crippen molar-refractivity contribution in [3.8, 4) is 0 Å². The van der Waals surface area contributed by atoms with Crippen molar-refractivity contribution in [1.82, 2.24) is 20.1 Å². The Hall–Kier alpha value is -2.47. The lowest BCUT2D eigenvalue weighted by Gasteiger charge is -2.18. The lowest BCUT2D eigenvalue weighted by atomic mass is 10.0. The minimum Gasteiger partial charge on any atom is -0.349 e. The molecule has 0 spiro atoms. The first kappa shape index (κ1) is 18.3. The molecule has 0 fully saturated rings. The van der Waals surface area contributed by atoms with Crippen LogP contribution in [0, 0.1) is 13.8 Å². The number of nitrogens with zero attached hydrogens (tertiary/aromatic N) is 3. The fourth-order valence-corrected chi connectivity index (χ4v) is 3.72. The molecule has 5 nitrogen and oxygen atoms in total. The number of nitrogens with one attached hydrogen (secondary N) is 1. The van der Waals surface area contributed by atoms with Crippen molar-refractivity contribution in [2.24, 2.45) is 0 Å². The molecule has 1 atom stereocenters. The van der Waals surface area contributed by atoms with Gasteiger partial charge in [-0.1, -0.05) is 6.07 Å². The third-order valence-corrected chi connectivity index (χ3v) is 5.05. The van der Waals surface area contributed by atoms with Gasteiger partial charge in [-0.3, -0.25) is 14.5 Å². The molecule has 6 heteroatoms. The second-order valence-electron chi connectivity index (χ2n) is 6.50. The Morgan fingerprint density at radius 3 is 2.88 bits per heavy atom. The average Bonchev–Trinajstić information content (AvgIpc) is 3.25. The fourth-order valence-electron chi connectivity index (χ4n) is 3.04. The first-order valence-electron chi connectivity index (χ1n) is 8.83. The molecule has 136 valence electrons. The van der Waals surface area contributed by atoms with E-state index in [0.717, 1.165) is 36.3 Å². The number of rotatable bonds is 8. The third kappa shape index (κ3) is 5.02. The summed E-state index contributed by atoms with van der Waals surface area (Å²) in [7, 11) is 0. The maximum absolute atomic E-state index is 12.5. The molecule has 0 radical (unpaired) electrons. The van der Waals surface area contributed by atoms with Gasteiger partial charge in [0, 0.05) is 31.1 Å². The van der Waals surface area contributed by atoms with E-state index < -0.39 is 0 Å². The quantitative estimate of drug-likeness (QED) is 0.657. The van der Waals surface area contributed by atoms with Crippen LogP contribution in [0.3, 0.4) is 0 Å². The first-order chi connectivity index (χ1) is 12.6. The highest BCUT2D eigenvalue weighted by atomic mass is 32.1. The van der Waals surface area contributed by atoms with Crippen molar-refractivity contribution >= 4 is 17.2 Å². The van der Waals surface area contributed by atoms with Gasteiger partial charge < -0.3 is 5.32 Å². The highest BCUT2D eigenvalue weighted by Gasteiger charge is 2.16. The Labute approximate surface area is 158 Å². The molecule has 3 aromatic heterocycles. The van der Waals surface area contributed by atoms with Crippen LogP contribution < -0.4 is 5.32 Å². The summed E-state index contributed by atoms with van der Waals surface area (Å²) in [5.41, 5.74) is 4.41. The van der Waals surface area contributed by atoms with Crippen molar-refractivity contribution in [1.29, 1.82) is 0 Å². The van der Waals surface area contributed by atoms with Gasteiger partial charge in [-0.05, 0) is 66.8 Å². The zero-order valence-electron chi connectivity index (χ0n) is 15.2. The minimum absolute atomic E-state index is 0.0560. The molecule has 0 aromatic carbocycles. The van der Waals surface area contributed by atoms with E-state index in [1.165, 1.54) is 5.56 Å². The lowest BCUT2D eigenvalue weighted by molar-refractivity contribution is -0.122. The third-order valence-electron chi connectivity index (χ3n) is 4.32. The molecule has 1 amide bonds. The lowest BCUT2D eigenvalue weighted by Crippen LogP contribution is -2.30. The van der Waals surface area contributed by atoms with E-state index in [9.17, 15) is 4.79 Å². The van der Waals surface area contributed by atoms with Crippen LogP contribution in [0.1, 0.15) is 41.4 Å². The Kier molecular flexibility index (Phi) is 6.17. The normalized spacial score (nSPS) is 12.1. The summed E-state index contributed by atoms with van der Waals surface area (Å²) >= 11 is 1.67. The van der Waals surface area contributed by atoms with Crippen LogP contribution in [0.15, 0.2) is 47.4 Å². The summed E-state index contributed by atoms with van der Waals surface area (Å²) in [5, 5.41) is 11.8. The Morgan fingerprint density at radius 1 is 1.35 bits per heavy atom. The molecule has 0 bridgehead atoms. The van der Waals surface area contributed by atoms with Crippen molar-refractivity contribution < 1.29 is 4.79 Å². The summed E-state index contributed by atoms with van der Waals surface area (Å²) in [6, 6.07) is 8.02. The maximum atomic E-state index is 12.5. The van der Waals surface area contributed by atoms with Gasteiger partial charge in [-0.15, -0.1) is 0 Å². The largest absolute Gasteiger partial charge is 0.349 e. The van der Waals surface area contributed by atoms with E-state index in [-0.39, 0.29) is 11.9 Å². The number of pyridine rings is 1. The molecule has 0 unspecified atom stereocenters. The van der Waals surface area contributed by atoms with E-state index >= 15 is 0 Å². The van der Waals surface area contributed by atoms with Gasteiger partial charge in [0.05, 0.1) is 11.7 Å². The topological polar surface area (TPSA) is 59.8 Å². The van der Waals surface area contributed by atoms with Crippen LogP contribution >= 0.6 is 11.3 Å². The van der Waals surface area contributed by atoms with Crippen LogP contribution in [0.2, 0.25) is 0 Å². The van der Waals surface area contributed by atoms with E-state index in [1.54, 1.807) is 17.5 Å². The monoisotopic (exact) mass is 368 g/mol. The zero-order valence-corrected chi connectivity index (χ0v) is 16.0. The summed E-state index contributed by atoms with van der Waals surface area (Å²) < 4.78 is 1.96. The summed E-state index contributed by atoms with van der Waals surface area (Å²) in [5.74, 6) is 0.0654. The van der Waals surface area contributed by atoms with Crippen LogP contribution in [-0.2, 0) is 17.8 Å². The summed E-state index contributed by atoms with van der Waals surface area (Å²) in [6.07, 6.45) is 5.61. The SMILES string of the molecule is Cc1cc(C)n(CCCC(=O)N[C@@H](Cc2ccsc2)c2cccnc2)n1. The molecule has 0 aliphatic heterocycles. The van der Waals surface area contributed by atoms with Gasteiger partial charge in [0.2, 0.25) is 5.91 Å². The van der Waals surface area contributed by atoms with Gasteiger partial charge in [-0.2, -0.15) is 16.4 Å². The predicted molar refractivity (Wildman–Crippen MR) is 104 cm³/mol. The van der Waals surface area contributed by atoms with Gasteiger partial charge in [0.25, 0.3) is 0 Å².